The molecule has 0 saturated carbocycles. The van der Waals surface area contributed by atoms with E-state index in [1.165, 1.54) is 5.56 Å². The van der Waals surface area contributed by atoms with E-state index in [0.29, 0.717) is 24.8 Å². The fraction of sp³-hybridized carbons (Fsp3) is 0.364. The van der Waals surface area contributed by atoms with Crippen LogP contribution in [-0.2, 0) is 5.41 Å². The third kappa shape index (κ3) is 4.30. The van der Waals surface area contributed by atoms with E-state index in [2.05, 4.69) is 60.2 Å². The van der Waals surface area contributed by atoms with Crippen molar-refractivity contribution in [1.29, 1.82) is 0 Å². The molecule has 5 heteroatoms. The topological polar surface area (TPSA) is 60.0 Å². The number of hydrogen-bond acceptors (Lipinski definition) is 4. The standard InChI is InChI=1S/C22H27N3O2/c1-6-26-18-13-10-16(14-19(18)27-7-2)21-23-20(24-25-21)15-8-11-17(12-9-15)22(3,4)5/h8-14H,6-7H2,1-5H3,(H,23,24,25). The number of aromatic nitrogens is 3. The SMILES string of the molecule is CCOc1ccc(-c2n[nH]c(-c3ccc(C(C)(C)C)cc3)n2)cc1OCC. The van der Waals surface area contributed by atoms with Crippen molar-refractivity contribution >= 4 is 0 Å². The second kappa shape index (κ2) is 7.82. The van der Waals surface area contributed by atoms with Gasteiger partial charge in [0.15, 0.2) is 23.1 Å². The van der Waals surface area contributed by atoms with E-state index < -0.39 is 0 Å². The van der Waals surface area contributed by atoms with Crippen LogP contribution < -0.4 is 9.47 Å². The molecule has 0 amide bonds. The van der Waals surface area contributed by atoms with Gasteiger partial charge in [0.1, 0.15) is 0 Å². The summed E-state index contributed by atoms with van der Waals surface area (Å²) >= 11 is 0. The Hall–Kier alpha value is -2.82. The van der Waals surface area contributed by atoms with Gasteiger partial charge in [0.05, 0.1) is 13.2 Å². The average molecular weight is 365 g/mol. The lowest BCUT2D eigenvalue weighted by molar-refractivity contribution is 0.288. The van der Waals surface area contributed by atoms with Crippen LogP contribution in [0.3, 0.4) is 0 Å². The smallest absolute Gasteiger partial charge is 0.181 e. The minimum Gasteiger partial charge on any atom is -0.490 e. The zero-order chi connectivity index (χ0) is 19.4. The Morgan fingerprint density at radius 1 is 0.852 bits per heavy atom. The highest BCUT2D eigenvalue weighted by molar-refractivity contribution is 5.64. The van der Waals surface area contributed by atoms with Crippen molar-refractivity contribution in [2.75, 3.05) is 13.2 Å². The van der Waals surface area contributed by atoms with Crippen LogP contribution in [-0.4, -0.2) is 28.4 Å². The first-order valence-electron chi connectivity index (χ1n) is 9.35. The Kier molecular flexibility index (Phi) is 5.49. The molecule has 0 radical (unpaired) electrons. The molecule has 3 rings (SSSR count). The van der Waals surface area contributed by atoms with Crippen molar-refractivity contribution in [3.63, 3.8) is 0 Å². The molecule has 1 heterocycles. The number of ether oxygens (including phenoxy) is 2. The number of aromatic amines is 1. The normalized spacial score (nSPS) is 11.4. The molecular weight excluding hydrogens is 338 g/mol. The van der Waals surface area contributed by atoms with Gasteiger partial charge in [-0.05, 0) is 43.0 Å². The molecule has 0 saturated heterocycles. The van der Waals surface area contributed by atoms with Crippen molar-refractivity contribution in [2.45, 2.75) is 40.0 Å². The molecule has 0 aliphatic rings. The fourth-order valence-corrected chi connectivity index (χ4v) is 2.84. The van der Waals surface area contributed by atoms with Gasteiger partial charge in [0.25, 0.3) is 0 Å². The molecule has 0 aliphatic heterocycles. The Morgan fingerprint density at radius 2 is 1.48 bits per heavy atom. The van der Waals surface area contributed by atoms with Crippen molar-refractivity contribution in [3.05, 3.63) is 48.0 Å². The van der Waals surface area contributed by atoms with Crippen LogP contribution in [0.5, 0.6) is 11.5 Å². The van der Waals surface area contributed by atoms with Gasteiger partial charge in [-0.3, -0.25) is 5.10 Å². The van der Waals surface area contributed by atoms with Gasteiger partial charge in [-0.25, -0.2) is 4.98 Å². The van der Waals surface area contributed by atoms with Crippen LogP contribution in [0.4, 0.5) is 0 Å². The third-order valence-electron chi connectivity index (χ3n) is 4.31. The first-order valence-corrected chi connectivity index (χ1v) is 9.35. The van der Waals surface area contributed by atoms with Gasteiger partial charge < -0.3 is 9.47 Å². The number of nitrogens with one attached hydrogen (secondary N) is 1. The zero-order valence-electron chi connectivity index (χ0n) is 16.7. The van der Waals surface area contributed by atoms with E-state index >= 15 is 0 Å². The fourth-order valence-electron chi connectivity index (χ4n) is 2.84. The number of H-pyrrole nitrogens is 1. The summed E-state index contributed by atoms with van der Waals surface area (Å²) < 4.78 is 11.3. The Bertz CT molecular complexity index is 893. The van der Waals surface area contributed by atoms with Gasteiger partial charge in [0.2, 0.25) is 0 Å². The van der Waals surface area contributed by atoms with E-state index in [1.807, 2.05) is 32.0 Å². The van der Waals surface area contributed by atoms with Crippen molar-refractivity contribution in [2.24, 2.45) is 0 Å². The maximum Gasteiger partial charge on any atom is 0.181 e. The first-order chi connectivity index (χ1) is 12.9. The Labute approximate surface area is 160 Å². The van der Waals surface area contributed by atoms with Gasteiger partial charge in [-0.1, -0.05) is 45.0 Å². The lowest BCUT2D eigenvalue weighted by Gasteiger charge is -2.18. The quantitative estimate of drug-likeness (QED) is 0.649. The molecule has 1 N–H and O–H groups in total. The van der Waals surface area contributed by atoms with Crippen LogP contribution in [0, 0.1) is 0 Å². The van der Waals surface area contributed by atoms with Crippen molar-refractivity contribution < 1.29 is 9.47 Å². The molecule has 0 aliphatic carbocycles. The summed E-state index contributed by atoms with van der Waals surface area (Å²) in [6.07, 6.45) is 0. The first kappa shape index (κ1) is 19.0. The Balaban J connectivity index is 1.88. The van der Waals surface area contributed by atoms with Crippen LogP contribution >= 0.6 is 0 Å². The maximum atomic E-state index is 5.70. The van der Waals surface area contributed by atoms with Crippen LogP contribution in [0.25, 0.3) is 22.8 Å². The molecule has 0 unspecified atom stereocenters. The molecule has 3 aromatic rings. The summed E-state index contributed by atoms with van der Waals surface area (Å²) in [4.78, 5) is 4.66. The van der Waals surface area contributed by atoms with E-state index in [0.717, 1.165) is 22.7 Å². The molecule has 0 fully saturated rings. The van der Waals surface area contributed by atoms with Crippen LogP contribution in [0.2, 0.25) is 0 Å². The van der Waals surface area contributed by atoms with Gasteiger partial charge >= 0.3 is 0 Å². The van der Waals surface area contributed by atoms with Crippen molar-refractivity contribution in [1.82, 2.24) is 15.2 Å². The maximum absolute atomic E-state index is 5.70. The molecule has 27 heavy (non-hydrogen) atoms. The molecule has 0 bridgehead atoms. The highest BCUT2D eigenvalue weighted by atomic mass is 16.5. The summed E-state index contributed by atoms with van der Waals surface area (Å²) in [6.45, 7) is 11.7. The molecule has 1 aromatic heterocycles. The predicted molar refractivity (Wildman–Crippen MR) is 108 cm³/mol. The molecule has 0 atom stereocenters. The summed E-state index contributed by atoms with van der Waals surface area (Å²) in [7, 11) is 0. The van der Waals surface area contributed by atoms with E-state index in [4.69, 9.17) is 9.47 Å². The predicted octanol–water partition coefficient (Wildman–Crippen LogP) is 5.23. The second-order valence-corrected chi connectivity index (χ2v) is 7.36. The van der Waals surface area contributed by atoms with Gasteiger partial charge in [-0.15, -0.1) is 0 Å². The second-order valence-electron chi connectivity index (χ2n) is 7.36. The average Bonchev–Trinajstić information content (AvgIpc) is 3.13. The number of nitrogens with zero attached hydrogens (tertiary/aromatic N) is 2. The van der Waals surface area contributed by atoms with Crippen LogP contribution in [0.1, 0.15) is 40.2 Å². The highest BCUT2D eigenvalue weighted by Gasteiger charge is 2.15. The van der Waals surface area contributed by atoms with Crippen molar-refractivity contribution in [3.8, 4) is 34.3 Å². The Morgan fingerprint density at radius 3 is 2.11 bits per heavy atom. The number of hydrogen-bond donors (Lipinski definition) is 1. The lowest BCUT2D eigenvalue weighted by atomic mass is 9.87. The number of rotatable bonds is 6. The molecule has 2 aromatic carbocycles. The monoisotopic (exact) mass is 365 g/mol. The van der Waals surface area contributed by atoms with E-state index in [9.17, 15) is 0 Å². The summed E-state index contributed by atoms with van der Waals surface area (Å²) in [5.41, 5.74) is 3.32. The highest BCUT2D eigenvalue weighted by Crippen LogP contribution is 2.32. The van der Waals surface area contributed by atoms with Gasteiger partial charge in [-0.2, -0.15) is 5.10 Å². The minimum atomic E-state index is 0.128. The summed E-state index contributed by atoms with van der Waals surface area (Å²) in [5.74, 6) is 2.82. The molecular formula is C22H27N3O2. The van der Waals surface area contributed by atoms with E-state index in [-0.39, 0.29) is 5.41 Å². The van der Waals surface area contributed by atoms with Crippen LogP contribution in [0.15, 0.2) is 42.5 Å². The molecule has 5 nitrogen and oxygen atoms in total. The summed E-state index contributed by atoms with van der Waals surface area (Å²) in [6, 6.07) is 14.2. The van der Waals surface area contributed by atoms with E-state index in [1.54, 1.807) is 0 Å². The molecule has 0 spiro atoms. The largest absolute Gasteiger partial charge is 0.490 e. The third-order valence-corrected chi connectivity index (χ3v) is 4.31. The minimum absolute atomic E-state index is 0.128. The van der Waals surface area contributed by atoms with Gasteiger partial charge in [0, 0.05) is 11.1 Å². The zero-order valence-corrected chi connectivity index (χ0v) is 16.7. The molecule has 142 valence electrons. The lowest BCUT2D eigenvalue weighted by Crippen LogP contribution is -2.10. The summed E-state index contributed by atoms with van der Waals surface area (Å²) in [5, 5.41) is 7.42. The number of benzene rings is 2.